The molecule has 2 aromatic carbocycles. The summed E-state index contributed by atoms with van der Waals surface area (Å²) in [6.07, 6.45) is 0. The molecule has 0 radical (unpaired) electrons. The van der Waals surface area contributed by atoms with Crippen LogP contribution in [0.4, 0.5) is 5.69 Å². The van der Waals surface area contributed by atoms with Crippen molar-refractivity contribution in [3.05, 3.63) is 57.1 Å². The van der Waals surface area contributed by atoms with E-state index in [1.807, 2.05) is 26.0 Å². The molecule has 0 saturated carbocycles. The molecule has 0 aliphatic rings. The number of phenolic OH excluding ortho intramolecular Hbond substituents is 1. The highest BCUT2D eigenvalue weighted by atomic mass is 35.5. The number of nitrogens with one attached hydrogen (secondary N) is 1. The van der Waals surface area contributed by atoms with Crippen molar-refractivity contribution >= 4 is 34.8 Å². The summed E-state index contributed by atoms with van der Waals surface area (Å²) < 4.78 is 0. The zero-order valence-corrected chi connectivity index (χ0v) is 12.5. The Labute approximate surface area is 127 Å². The highest BCUT2D eigenvalue weighted by molar-refractivity contribution is 6.37. The van der Waals surface area contributed by atoms with Gasteiger partial charge in [-0.1, -0.05) is 29.3 Å². The van der Waals surface area contributed by atoms with Crippen LogP contribution in [0.3, 0.4) is 0 Å². The first-order chi connectivity index (χ1) is 9.38. The predicted molar refractivity (Wildman–Crippen MR) is 82.0 cm³/mol. The highest BCUT2D eigenvalue weighted by Gasteiger charge is 2.11. The molecule has 0 bridgehead atoms. The fourth-order valence-electron chi connectivity index (χ4n) is 1.72. The zero-order chi connectivity index (χ0) is 14.9. The van der Waals surface area contributed by atoms with Gasteiger partial charge in [0, 0.05) is 11.3 Å². The second kappa shape index (κ2) is 5.73. The number of aryl methyl sites for hydroxylation is 2. The molecule has 0 fully saturated rings. The van der Waals surface area contributed by atoms with Crippen LogP contribution in [0.25, 0.3) is 0 Å². The van der Waals surface area contributed by atoms with E-state index in [-0.39, 0.29) is 21.7 Å². The van der Waals surface area contributed by atoms with Gasteiger partial charge >= 0.3 is 0 Å². The van der Waals surface area contributed by atoms with Gasteiger partial charge in [-0.05, 0) is 49.2 Å². The van der Waals surface area contributed by atoms with Crippen molar-refractivity contribution in [2.75, 3.05) is 5.32 Å². The Kier molecular flexibility index (Phi) is 4.21. The molecule has 5 heteroatoms. The van der Waals surface area contributed by atoms with E-state index in [0.717, 1.165) is 11.1 Å². The number of benzene rings is 2. The van der Waals surface area contributed by atoms with Gasteiger partial charge in [0.15, 0.2) is 5.75 Å². The standard InChI is InChI=1S/C15H13Cl2NO2/c1-8-3-4-10(5-9(8)2)15(20)18-11-6-12(16)14(19)13(17)7-11/h3-7,19H,1-2H3,(H,18,20). The average Bonchev–Trinajstić information content (AvgIpc) is 2.39. The molecule has 104 valence electrons. The summed E-state index contributed by atoms with van der Waals surface area (Å²) in [5.74, 6) is -0.455. The van der Waals surface area contributed by atoms with Gasteiger partial charge in [0.1, 0.15) is 0 Å². The molecular formula is C15H13Cl2NO2. The molecule has 0 aliphatic heterocycles. The largest absolute Gasteiger partial charge is 0.505 e. The van der Waals surface area contributed by atoms with Crippen LogP contribution in [0.15, 0.2) is 30.3 Å². The quantitative estimate of drug-likeness (QED) is 0.798. The second-order valence-electron chi connectivity index (χ2n) is 4.54. The van der Waals surface area contributed by atoms with Crippen molar-refractivity contribution in [1.29, 1.82) is 0 Å². The van der Waals surface area contributed by atoms with Crippen molar-refractivity contribution in [2.45, 2.75) is 13.8 Å². The van der Waals surface area contributed by atoms with Crippen LogP contribution in [-0.2, 0) is 0 Å². The lowest BCUT2D eigenvalue weighted by molar-refractivity contribution is 0.102. The third-order valence-electron chi connectivity index (χ3n) is 3.04. The molecule has 1 amide bonds. The number of phenols is 1. The minimum atomic E-state index is -0.258. The van der Waals surface area contributed by atoms with Gasteiger partial charge < -0.3 is 10.4 Å². The van der Waals surface area contributed by atoms with Crippen molar-refractivity contribution in [3.63, 3.8) is 0 Å². The molecule has 2 N–H and O–H groups in total. The maximum atomic E-state index is 12.1. The number of halogens is 2. The Morgan fingerprint density at radius 3 is 2.20 bits per heavy atom. The van der Waals surface area contributed by atoms with E-state index in [2.05, 4.69) is 5.32 Å². The van der Waals surface area contributed by atoms with Gasteiger partial charge in [0.25, 0.3) is 5.91 Å². The van der Waals surface area contributed by atoms with Crippen LogP contribution in [0.1, 0.15) is 21.5 Å². The first kappa shape index (κ1) is 14.7. The van der Waals surface area contributed by atoms with Crippen molar-refractivity contribution in [3.8, 4) is 5.75 Å². The summed E-state index contributed by atoms with van der Waals surface area (Å²) in [6.45, 7) is 3.93. The van der Waals surface area contributed by atoms with Crippen LogP contribution >= 0.6 is 23.2 Å². The lowest BCUT2D eigenvalue weighted by Gasteiger charge is -2.09. The Balaban J connectivity index is 2.25. The first-order valence-corrected chi connectivity index (χ1v) is 6.70. The number of carbonyl (C=O) groups excluding carboxylic acids is 1. The van der Waals surface area contributed by atoms with Gasteiger partial charge in [-0.3, -0.25) is 4.79 Å². The Hall–Kier alpha value is -1.71. The van der Waals surface area contributed by atoms with E-state index in [1.54, 1.807) is 6.07 Å². The minimum absolute atomic E-state index is 0.0906. The third-order valence-corrected chi connectivity index (χ3v) is 3.62. The fourth-order valence-corrected chi connectivity index (χ4v) is 2.21. The van der Waals surface area contributed by atoms with Gasteiger partial charge in [0.05, 0.1) is 10.0 Å². The normalized spacial score (nSPS) is 10.4. The lowest BCUT2D eigenvalue weighted by Crippen LogP contribution is -2.12. The molecule has 20 heavy (non-hydrogen) atoms. The molecule has 0 heterocycles. The molecule has 0 aromatic heterocycles. The van der Waals surface area contributed by atoms with Crippen molar-refractivity contribution < 1.29 is 9.90 Å². The maximum absolute atomic E-state index is 12.1. The fraction of sp³-hybridized carbons (Fsp3) is 0.133. The summed E-state index contributed by atoms with van der Waals surface area (Å²) in [5.41, 5.74) is 3.14. The van der Waals surface area contributed by atoms with E-state index in [1.165, 1.54) is 12.1 Å². The number of carbonyl (C=O) groups is 1. The maximum Gasteiger partial charge on any atom is 0.255 e. The molecule has 2 aromatic rings. The predicted octanol–water partition coefficient (Wildman–Crippen LogP) is 4.57. The summed E-state index contributed by atoms with van der Waals surface area (Å²) in [6, 6.07) is 8.35. The van der Waals surface area contributed by atoms with E-state index in [0.29, 0.717) is 11.3 Å². The molecule has 0 unspecified atom stereocenters. The Morgan fingerprint density at radius 2 is 1.65 bits per heavy atom. The SMILES string of the molecule is Cc1ccc(C(=O)Nc2cc(Cl)c(O)c(Cl)c2)cc1C. The second-order valence-corrected chi connectivity index (χ2v) is 5.36. The number of rotatable bonds is 2. The summed E-state index contributed by atoms with van der Waals surface area (Å²) in [7, 11) is 0. The molecule has 0 saturated heterocycles. The molecule has 0 spiro atoms. The van der Waals surface area contributed by atoms with Gasteiger partial charge in [0.2, 0.25) is 0 Å². The summed E-state index contributed by atoms with van der Waals surface area (Å²) in [5, 5.41) is 12.3. The number of hydrogen-bond donors (Lipinski definition) is 2. The summed E-state index contributed by atoms with van der Waals surface area (Å²) in [4.78, 5) is 12.1. The number of anilines is 1. The molecule has 0 aliphatic carbocycles. The topological polar surface area (TPSA) is 49.3 Å². The van der Waals surface area contributed by atoms with Crippen molar-refractivity contribution in [2.24, 2.45) is 0 Å². The van der Waals surface area contributed by atoms with Gasteiger partial charge in [-0.25, -0.2) is 0 Å². The number of aromatic hydroxyl groups is 1. The highest BCUT2D eigenvalue weighted by Crippen LogP contribution is 2.34. The van der Waals surface area contributed by atoms with E-state index < -0.39 is 0 Å². The summed E-state index contributed by atoms with van der Waals surface area (Å²) >= 11 is 11.6. The minimum Gasteiger partial charge on any atom is -0.505 e. The molecule has 0 atom stereocenters. The third kappa shape index (κ3) is 3.06. The smallest absolute Gasteiger partial charge is 0.255 e. The molecular weight excluding hydrogens is 297 g/mol. The molecule has 2 rings (SSSR count). The Morgan fingerprint density at radius 1 is 1.05 bits per heavy atom. The lowest BCUT2D eigenvalue weighted by atomic mass is 10.1. The van der Waals surface area contributed by atoms with Crippen LogP contribution in [0.5, 0.6) is 5.75 Å². The molecule has 3 nitrogen and oxygen atoms in total. The van der Waals surface area contributed by atoms with Gasteiger partial charge in [-0.15, -0.1) is 0 Å². The van der Waals surface area contributed by atoms with Crippen LogP contribution < -0.4 is 5.32 Å². The van der Waals surface area contributed by atoms with E-state index in [9.17, 15) is 9.90 Å². The van der Waals surface area contributed by atoms with Crippen molar-refractivity contribution in [1.82, 2.24) is 0 Å². The number of hydrogen-bond acceptors (Lipinski definition) is 2. The van der Waals surface area contributed by atoms with Crippen LogP contribution in [0.2, 0.25) is 10.0 Å². The zero-order valence-electron chi connectivity index (χ0n) is 11.0. The van der Waals surface area contributed by atoms with E-state index >= 15 is 0 Å². The van der Waals surface area contributed by atoms with Gasteiger partial charge in [-0.2, -0.15) is 0 Å². The number of amides is 1. The van der Waals surface area contributed by atoms with Crippen LogP contribution in [-0.4, -0.2) is 11.0 Å². The average molecular weight is 310 g/mol. The monoisotopic (exact) mass is 309 g/mol. The first-order valence-electron chi connectivity index (χ1n) is 5.95. The van der Waals surface area contributed by atoms with Crippen LogP contribution in [0, 0.1) is 13.8 Å². The van der Waals surface area contributed by atoms with E-state index in [4.69, 9.17) is 23.2 Å². The Bertz CT molecular complexity index is 661.